The summed E-state index contributed by atoms with van der Waals surface area (Å²) >= 11 is 1.80. The van der Waals surface area contributed by atoms with Crippen LogP contribution < -0.4 is 0 Å². The first kappa shape index (κ1) is 21.8. The van der Waals surface area contributed by atoms with Crippen LogP contribution in [0.15, 0.2) is 63.3 Å². The second-order valence-corrected chi connectivity index (χ2v) is 7.75. The molecule has 0 atom stereocenters. The number of benzene rings is 2. The number of amidine groups is 1. The van der Waals surface area contributed by atoms with Crippen LogP contribution in [0.3, 0.4) is 0 Å². The van der Waals surface area contributed by atoms with Gasteiger partial charge < -0.3 is 19.8 Å². The Morgan fingerprint density at radius 1 is 0.931 bits per heavy atom. The van der Waals surface area contributed by atoms with Gasteiger partial charge in [-0.2, -0.15) is 0 Å². The molecule has 2 aromatic rings. The third-order valence-corrected chi connectivity index (χ3v) is 6.04. The van der Waals surface area contributed by atoms with Crippen molar-refractivity contribution >= 4 is 23.3 Å². The van der Waals surface area contributed by atoms with E-state index < -0.39 is 0 Å². The molecule has 1 fully saturated rings. The minimum absolute atomic E-state index is 0.0898. The molecule has 2 aromatic carbocycles. The number of piperazine rings is 1. The van der Waals surface area contributed by atoms with Gasteiger partial charge in [0.2, 0.25) is 0 Å². The molecule has 29 heavy (non-hydrogen) atoms. The van der Waals surface area contributed by atoms with Gasteiger partial charge in [-0.05, 0) is 18.2 Å². The Bertz CT molecular complexity index is 807. The van der Waals surface area contributed by atoms with Crippen LogP contribution in [0.5, 0.6) is 0 Å². The van der Waals surface area contributed by atoms with Crippen LogP contribution in [0, 0.1) is 0 Å². The van der Waals surface area contributed by atoms with Gasteiger partial charge in [0.15, 0.2) is 0 Å². The zero-order valence-electron chi connectivity index (χ0n) is 16.8. The van der Waals surface area contributed by atoms with Crippen LogP contribution >= 0.6 is 11.8 Å². The fourth-order valence-corrected chi connectivity index (χ4v) is 4.47. The van der Waals surface area contributed by atoms with E-state index in [9.17, 15) is 0 Å². The third kappa shape index (κ3) is 5.58. The van der Waals surface area contributed by atoms with Crippen molar-refractivity contribution < 1.29 is 14.9 Å². The van der Waals surface area contributed by atoms with Crippen molar-refractivity contribution in [3.8, 4) is 0 Å². The van der Waals surface area contributed by atoms with E-state index in [1.807, 2.05) is 0 Å². The van der Waals surface area contributed by atoms with E-state index in [0.29, 0.717) is 13.2 Å². The van der Waals surface area contributed by atoms with Gasteiger partial charge in [-0.1, -0.05) is 42.1 Å². The lowest BCUT2D eigenvalue weighted by atomic mass is 10.1. The number of ether oxygens (including phenoxy) is 1. The summed E-state index contributed by atoms with van der Waals surface area (Å²) in [5.41, 5.74) is 2.27. The SMILES string of the molecule is CO.OCCOCCN1CCN(C2=Nc3ccccc3Sc3ccccc32)CC1. The summed E-state index contributed by atoms with van der Waals surface area (Å²) in [5.74, 6) is 1.08. The van der Waals surface area contributed by atoms with E-state index in [1.165, 1.54) is 15.4 Å². The molecular formula is C22H29N3O3S. The van der Waals surface area contributed by atoms with Gasteiger partial charge in [0.1, 0.15) is 5.84 Å². The molecule has 0 aromatic heterocycles. The highest BCUT2D eigenvalue weighted by molar-refractivity contribution is 7.99. The average Bonchev–Trinajstić information content (AvgIpc) is 2.95. The Balaban J connectivity index is 0.00000117. The van der Waals surface area contributed by atoms with E-state index in [-0.39, 0.29) is 6.61 Å². The quantitative estimate of drug-likeness (QED) is 0.732. The lowest BCUT2D eigenvalue weighted by Gasteiger charge is -2.36. The smallest absolute Gasteiger partial charge is 0.137 e. The molecule has 0 amide bonds. The van der Waals surface area contributed by atoms with Gasteiger partial charge in [-0.15, -0.1) is 0 Å². The zero-order valence-corrected chi connectivity index (χ0v) is 17.6. The first-order valence-electron chi connectivity index (χ1n) is 9.91. The summed E-state index contributed by atoms with van der Waals surface area (Å²) in [5, 5.41) is 15.8. The summed E-state index contributed by atoms with van der Waals surface area (Å²) in [6.07, 6.45) is 0. The van der Waals surface area contributed by atoms with Gasteiger partial charge >= 0.3 is 0 Å². The highest BCUT2D eigenvalue weighted by Gasteiger charge is 2.24. The minimum atomic E-state index is 0.0898. The molecule has 7 heteroatoms. The van der Waals surface area contributed by atoms with Gasteiger partial charge in [0, 0.05) is 55.2 Å². The molecule has 1 saturated heterocycles. The molecule has 2 heterocycles. The predicted octanol–water partition coefficient (Wildman–Crippen LogP) is 2.46. The van der Waals surface area contributed by atoms with Crippen LogP contribution in [0.25, 0.3) is 0 Å². The number of hydrogen-bond donors (Lipinski definition) is 2. The Kier molecular flexibility index (Phi) is 8.52. The third-order valence-electron chi connectivity index (χ3n) is 4.90. The molecule has 2 N–H and O–H groups in total. The maximum Gasteiger partial charge on any atom is 0.137 e. The molecule has 6 nitrogen and oxygen atoms in total. The van der Waals surface area contributed by atoms with E-state index in [0.717, 1.165) is 51.4 Å². The van der Waals surface area contributed by atoms with Crippen molar-refractivity contribution in [2.75, 3.05) is 59.7 Å². The molecule has 0 radical (unpaired) electrons. The van der Waals surface area contributed by atoms with Crippen molar-refractivity contribution in [1.82, 2.24) is 9.80 Å². The number of hydrogen-bond acceptors (Lipinski definition) is 7. The largest absolute Gasteiger partial charge is 0.400 e. The molecule has 0 aliphatic carbocycles. The van der Waals surface area contributed by atoms with Crippen molar-refractivity contribution in [1.29, 1.82) is 0 Å². The van der Waals surface area contributed by atoms with Gasteiger partial charge in [-0.3, -0.25) is 4.90 Å². The van der Waals surface area contributed by atoms with E-state index in [1.54, 1.807) is 11.8 Å². The Hall–Kier alpha value is -1.90. The normalized spacial score (nSPS) is 16.1. The van der Waals surface area contributed by atoms with E-state index >= 15 is 0 Å². The predicted molar refractivity (Wildman–Crippen MR) is 117 cm³/mol. The van der Waals surface area contributed by atoms with Crippen LogP contribution in [-0.4, -0.2) is 85.5 Å². The summed E-state index contributed by atoms with van der Waals surface area (Å²) in [6.45, 7) is 6.01. The summed E-state index contributed by atoms with van der Waals surface area (Å²) < 4.78 is 5.40. The molecule has 2 aliphatic rings. The zero-order chi connectivity index (χ0) is 20.5. The van der Waals surface area contributed by atoms with E-state index in [2.05, 4.69) is 58.3 Å². The monoisotopic (exact) mass is 415 g/mol. The second-order valence-electron chi connectivity index (χ2n) is 6.67. The summed E-state index contributed by atoms with van der Waals surface area (Å²) in [4.78, 5) is 12.4. The van der Waals surface area contributed by atoms with Crippen LogP contribution in [0.4, 0.5) is 5.69 Å². The Morgan fingerprint density at radius 2 is 1.62 bits per heavy atom. The minimum Gasteiger partial charge on any atom is -0.400 e. The topological polar surface area (TPSA) is 68.5 Å². The highest BCUT2D eigenvalue weighted by atomic mass is 32.2. The molecule has 156 valence electrons. The molecule has 0 saturated carbocycles. The second kappa shape index (κ2) is 11.3. The molecule has 0 bridgehead atoms. The van der Waals surface area contributed by atoms with Gasteiger partial charge in [0.25, 0.3) is 0 Å². The number of para-hydroxylation sites is 1. The van der Waals surface area contributed by atoms with Crippen molar-refractivity contribution in [2.24, 2.45) is 4.99 Å². The van der Waals surface area contributed by atoms with Gasteiger partial charge in [0.05, 0.1) is 25.5 Å². The fourth-order valence-electron chi connectivity index (χ4n) is 3.45. The highest BCUT2D eigenvalue weighted by Crippen LogP contribution is 2.40. The maximum atomic E-state index is 8.79. The van der Waals surface area contributed by atoms with Crippen LogP contribution in [0.2, 0.25) is 0 Å². The summed E-state index contributed by atoms with van der Waals surface area (Å²) in [6, 6.07) is 16.9. The van der Waals surface area contributed by atoms with Gasteiger partial charge in [-0.25, -0.2) is 4.99 Å². The summed E-state index contributed by atoms with van der Waals surface area (Å²) in [7, 11) is 1.00. The van der Waals surface area contributed by atoms with Crippen LogP contribution in [0.1, 0.15) is 5.56 Å². The molecule has 4 rings (SSSR count). The molecular weight excluding hydrogens is 386 g/mol. The average molecular weight is 416 g/mol. The molecule has 2 aliphatic heterocycles. The number of aliphatic hydroxyl groups is 2. The number of aliphatic hydroxyl groups excluding tert-OH is 2. The molecule has 0 spiro atoms. The number of nitrogens with zero attached hydrogens (tertiary/aromatic N) is 3. The standard InChI is InChI=1S/C21H25N3O2S.CH4O/c25-14-16-26-15-13-23-9-11-24(12-10-23)21-17-5-1-3-7-19(17)27-20-8-4-2-6-18(20)22-21;1-2/h1-8,25H,9-16H2;2H,1H3. The van der Waals surface area contributed by atoms with Crippen molar-refractivity contribution in [3.63, 3.8) is 0 Å². The number of aliphatic imine (C=N–C) groups is 1. The molecule has 0 unspecified atom stereocenters. The Morgan fingerprint density at radius 3 is 2.38 bits per heavy atom. The number of fused-ring (bicyclic) bond motifs is 2. The first-order valence-corrected chi connectivity index (χ1v) is 10.7. The first-order chi connectivity index (χ1) is 14.3. The van der Waals surface area contributed by atoms with E-state index in [4.69, 9.17) is 19.9 Å². The fraction of sp³-hybridized carbons (Fsp3) is 0.409. The van der Waals surface area contributed by atoms with Crippen molar-refractivity contribution in [2.45, 2.75) is 9.79 Å². The lowest BCUT2D eigenvalue weighted by Crippen LogP contribution is -2.49. The Labute approximate surface area is 176 Å². The lowest BCUT2D eigenvalue weighted by molar-refractivity contribution is 0.0652. The number of rotatable bonds is 5. The maximum absolute atomic E-state index is 8.79. The van der Waals surface area contributed by atoms with Crippen molar-refractivity contribution in [3.05, 3.63) is 54.1 Å². The van der Waals surface area contributed by atoms with Crippen LogP contribution in [-0.2, 0) is 4.74 Å².